The van der Waals surface area contributed by atoms with Crippen LogP contribution in [0.25, 0.3) is 10.2 Å². The van der Waals surface area contributed by atoms with Crippen LogP contribution in [0.3, 0.4) is 0 Å². The van der Waals surface area contributed by atoms with Gasteiger partial charge < -0.3 is 9.30 Å². The molecule has 0 fully saturated rings. The van der Waals surface area contributed by atoms with Crippen LogP contribution in [0.1, 0.15) is 10.5 Å². The average Bonchev–Trinajstić information content (AvgIpc) is 3.08. The molecule has 0 aliphatic carbocycles. The van der Waals surface area contributed by atoms with Crippen LogP contribution < -0.4 is 4.80 Å². The van der Waals surface area contributed by atoms with Crippen LogP contribution in [-0.2, 0) is 18.3 Å². The van der Waals surface area contributed by atoms with Gasteiger partial charge in [0.15, 0.2) is 4.80 Å². The van der Waals surface area contributed by atoms with E-state index in [0.29, 0.717) is 23.6 Å². The smallest absolute Gasteiger partial charge is 0.297 e. The summed E-state index contributed by atoms with van der Waals surface area (Å²) >= 11 is 1.50. The summed E-state index contributed by atoms with van der Waals surface area (Å²) in [5.41, 5.74) is 1.52. The fourth-order valence-corrected chi connectivity index (χ4v) is 3.29. The van der Waals surface area contributed by atoms with E-state index in [4.69, 9.17) is 4.74 Å². The van der Waals surface area contributed by atoms with Gasteiger partial charge in [-0.25, -0.2) is 0 Å². The second kappa shape index (κ2) is 6.25. The highest BCUT2D eigenvalue weighted by atomic mass is 32.1. The van der Waals surface area contributed by atoms with Crippen LogP contribution in [0.15, 0.2) is 41.5 Å². The molecule has 0 saturated heterocycles. The average molecular weight is 316 g/mol. The van der Waals surface area contributed by atoms with Crippen molar-refractivity contribution in [3.8, 4) is 0 Å². The minimum Gasteiger partial charge on any atom is -0.383 e. The van der Waals surface area contributed by atoms with Gasteiger partial charge >= 0.3 is 0 Å². The maximum Gasteiger partial charge on any atom is 0.297 e. The quantitative estimate of drug-likeness (QED) is 0.737. The molecule has 3 aromatic rings. The number of carbonyl (C=O) groups excluding carboxylic acids is 1. The normalized spacial score (nSPS) is 12.2. The molecule has 22 heavy (non-hydrogen) atoms. The molecule has 7 heteroatoms. The Kier molecular flexibility index (Phi) is 4.17. The molecule has 0 radical (unpaired) electrons. The number of hydrogen-bond donors (Lipinski definition) is 0. The predicted molar refractivity (Wildman–Crippen MR) is 84.8 cm³/mol. The zero-order valence-corrected chi connectivity index (χ0v) is 13.2. The molecule has 1 aromatic carbocycles. The van der Waals surface area contributed by atoms with Crippen LogP contribution in [0, 0.1) is 0 Å². The monoisotopic (exact) mass is 316 g/mol. The summed E-state index contributed by atoms with van der Waals surface area (Å²) in [6.45, 7) is 1.21. The standard InChI is InChI=1S/C15H16N4O2S/c1-18-12(7-8-16-18)14(20)17-15-19(9-10-21-2)11-5-3-4-6-13(11)22-15/h3-8H,9-10H2,1-2H3. The van der Waals surface area contributed by atoms with E-state index in [9.17, 15) is 4.79 Å². The number of aryl methyl sites for hydroxylation is 1. The van der Waals surface area contributed by atoms with E-state index in [0.717, 1.165) is 10.2 Å². The van der Waals surface area contributed by atoms with E-state index in [1.807, 2.05) is 28.8 Å². The van der Waals surface area contributed by atoms with Crippen molar-refractivity contribution in [2.75, 3.05) is 13.7 Å². The van der Waals surface area contributed by atoms with Gasteiger partial charge in [-0.1, -0.05) is 23.5 Å². The van der Waals surface area contributed by atoms with E-state index in [-0.39, 0.29) is 5.91 Å². The SMILES string of the molecule is COCCn1c(=NC(=O)c2ccnn2C)sc2ccccc21. The molecule has 0 aliphatic heterocycles. The summed E-state index contributed by atoms with van der Waals surface area (Å²) in [5, 5.41) is 4.01. The van der Waals surface area contributed by atoms with Crippen LogP contribution in [0.4, 0.5) is 0 Å². The third kappa shape index (κ3) is 2.72. The summed E-state index contributed by atoms with van der Waals surface area (Å²) in [6.07, 6.45) is 1.59. The van der Waals surface area contributed by atoms with E-state index in [1.54, 1.807) is 26.4 Å². The zero-order valence-electron chi connectivity index (χ0n) is 12.4. The van der Waals surface area contributed by atoms with Crippen molar-refractivity contribution in [1.82, 2.24) is 14.3 Å². The number of nitrogens with zero attached hydrogens (tertiary/aromatic N) is 4. The van der Waals surface area contributed by atoms with Gasteiger partial charge in [-0.3, -0.25) is 9.48 Å². The Hall–Kier alpha value is -2.25. The maximum absolute atomic E-state index is 12.3. The number of hydrogen-bond acceptors (Lipinski definition) is 4. The number of aromatic nitrogens is 3. The number of thiazole rings is 1. The summed E-state index contributed by atoms with van der Waals surface area (Å²) < 4.78 is 9.79. The van der Waals surface area contributed by atoms with Gasteiger partial charge in [-0.05, 0) is 18.2 Å². The van der Waals surface area contributed by atoms with Crippen molar-refractivity contribution in [1.29, 1.82) is 0 Å². The van der Waals surface area contributed by atoms with Crippen LogP contribution >= 0.6 is 11.3 Å². The maximum atomic E-state index is 12.3. The highest BCUT2D eigenvalue weighted by molar-refractivity contribution is 7.16. The predicted octanol–water partition coefficient (Wildman–Crippen LogP) is 1.82. The molecular formula is C15H16N4O2S. The fourth-order valence-electron chi connectivity index (χ4n) is 2.23. The molecule has 2 aromatic heterocycles. The van der Waals surface area contributed by atoms with Gasteiger partial charge in [-0.2, -0.15) is 10.1 Å². The first-order chi connectivity index (χ1) is 10.7. The first-order valence-corrected chi connectivity index (χ1v) is 7.66. The molecule has 3 rings (SSSR count). The Balaban J connectivity index is 2.11. The highest BCUT2D eigenvalue weighted by Crippen LogP contribution is 2.16. The second-order valence-electron chi connectivity index (χ2n) is 4.75. The molecule has 114 valence electrons. The zero-order chi connectivity index (χ0) is 15.5. The van der Waals surface area contributed by atoms with Crippen LogP contribution in [0.5, 0.6) is 0 Å². The number of methoxy groups -OCH3 is 1. The topological polar surface area (TPSA) is 61.4 Å². The number of fused-ring (bicyclic) bond motifs is 1. The largest absolute Gasteiger partial charge is 0.383 e. The first kappa shape index (κ1) is 14.7. The molecule has 6 nitrogen and oxygen atoms in total. The molecule has 0 saturated carbocycles. The number of amides is 1. The van der Waals surface area contributed by atoms with Gasteiger partial charge in [0.1, 0.15) is 5.69 Å². The van der Waals surface area contributed by atoms with Gasteiger partial charge in [0.2, 0.25) is 0 Å². The lowest BCUT2D eigenvalue weighted by Crippen LogP contribution is -2.20. The Bertz CT molecular complexity index is 875. The summed E-state index contributed by atoms with van der Waals surface area (Å²) in [6, 6.07) is 9.67. The first-order valence-electron chi connectivity index (χ1n) is 6.85. The number of para-hydroxylation sites is 1. The van der Waals surface area contributed by atoms with Gasteiger partial charge in [0.05, 0.1) is 16.8 Å². The van der Waals surface area contributed by atoms with Crippen molar-refractivity contribution >= 4 is 27.5 Å². The van der Waals surface area contributed by atoms with Crippen molar-refractivity contribution in [2.24, 2.45) is 12.0 Å². The minimum absolute atomic E-state index is 0.294. The van der Waals surface area contributed by atoms with E-state index >= 15 is 0 Å². The number of ether oxygens (including phenoxy) is 1. The molecule has 0 unspecified atom stereocenters. The minimum atomic E-state index is -0.294. The summed E-state index contributed by atoms with van der Waals surface area (Å²) in [7, 11) is 3.39. The fraction of sp³-hybridized carbons (Fsp3) is 0.267. The lowest BCUT2D eigenvalue weighted by atomic mass is 10.3. The summed E-state index contributed by atoms with van der Waals surface area (Å²) in [5.74, 6) is -0.294. The van der Waals surface area contributed by atoms with E-state index < -0.39 is 0 Å². The lowest BCUT2D eigenvalue weighted by Gasteiger charge is -2.03. The summed E-state index contributed by atoms with van der Waals surface area (Å²) in [4.78, 5) is 17.3. The number of rotatable bonds is 4. The Morgan fingerprint density at radius 3 is 2.91 bits per heavy atom. The highest BCUT2D eigenvalue weighted by Gasteiger charge is 2.11. The van der Waals surface area contributed by atoms with Gasteiger partial charge in [0.25, 0.3) is 5.91 Å². The van der Waals surface area contributed by atoms with Crippen LogP contribution in [0.2, 0.25) is 0 Å². The Morgan fingerprint density at radius 1 is 1.36 bits per heavy atom. The van der Waals surface area contributed by atoms with Crippen molar-refractivity contribution in [3.63, 3.8) is 0 Å². The molecule has 0 aliphatic rings. The molecule has 0 N–H and O–H groups in total. The number of carbonyl (C=O) groups is 1. The van der Waals surface area contributed by atoms with Crippen LogP contribution in [-0.4, -0.2) is 34.0 Å². The number of benzene rings is 1. The second-order valence-corrected chi connectivity index (χ2v) is 5.76. The Labute approximate surface area is 131 Å². The third-order valence-corrected chi connectivity index (χ3v) is 4.40. The van der Waals surface area contributed by atoms with E-state index in [2.05, 4.69) is 10.1 Å². The molecule has 0 atom stereocenters. The Morgan fingerprint density at radius 2 is 2.18 bits per heavy atom. The van der Waals surface area contributed by atoms with Crippen molar-refractivity contribution < 1.29 is 9.53 Å². The van der Waals surface area contributed by atoms with Gasteiger partial charge in [-0.15, -0.1) is 0 Å². The molecule has 2 heterocycles. The lowest BCUT2D eigenvalue weighted by molar-refractivity contribution is 0.0988. The van der Waals surface area contributed by atoms with Crippen molar-refractivity contribution in [2.45, 2.75) is 6.54 Å². The molecule has 0 spiro atoms. The van der Waals surface area contributed by atoms with Crippen molar-refractivity contribution in [3.05, 3.63) is 47.0 Å². The molecule has 0 bridgehead atoms. The molecular weight excluding hydrogens is 300 g/mol. The van der Waals surface area contributed by atoms with Gasteiger partial charge in [0, 0.05) is 26.9 Å². The molecule has 1 amide bonds. The third-order valence-electron chi connectivity index (χ3n) is 3.34. The van der Waals surface area contributed by atoms with E-state index in [1.165, 1.54) is 16.0 Å².